The number of nitrogens with two attached hydrogens (primary N) is 1. The summed E-state index contributed by atoms with van der Waals surface area (Å²) < 4.78 is 15.0. The summed E-state index contributed by atoms with van der Waals surface area (Å²) in [6.07, 6.45) is 4.45. The number of para-hydroxylation sites is 2. The van der Waals surface area contributed by atoms with E-state index >= 15 is 0 Å². The number of aliphatic hydroxyl groups is 1. The lowest BCUT2D eigenvalue weighted by atomic mass is 9.99. The van der Waals surface area contributed by atoms with Gasteiger partial charge in [0.15, 0.2) is 11.4 Å². The first-order valence-electron chi connectivity index (χ1n) is 17.9. The second kappa shape index (κ2) is 18.7. The number of hydrogen-bond donors (Lipinski definition) is 4. The van der Waals surface area contributed by atoms with Crippen molar-refractivity contribution in [3.05, 3.63) is 126 Å². The zero-order valence-corrected chi connectivity index (χ0v) is 30.6. The molecule has 1 aliphatic rings. The standard InChI is InChI=1S/C41H46N6O5S/c1-47-27-44-46-41(47)53-26-34-23-37(30-19-17-28(25-48)18-20-30)52-40(51-34)33-12-8-11-32(22-33)31-10-7-9-29(21-31)24-43-38(49)15-3-2-4-16-39(50)45-36-14-6-5-13-35(36)42/h5-14,17-22,27,34,37,40,48H,2-4,15-16,23-26,42H2,1H3,(H,43,49)(H,45,50)/t34-,37+,40+/m0/s1. The number of ether oxygens (including phenoxy) is 2. The predicted molar refractivity (Wildman–Crippen MR) is 206 cm³/mol. The Morgan fingerprint density at radius 2 is 1.62 bits per heavy atom. The molecule has 0 spiro atoms. The number of aryl methyl sites for hydroxylation is 1. The minimum atomic E-state index is -0.587. The maximum absolute atomic E-state index is 12.6. The molecule has 1 aliphatic heterocycles. The van der Waals surface area contributed by atoms with E-state index in [1.54, 1.807) is 30.2 Å². The molecule has 4 aromatic carbocycles. The highest BCUT2D eigenvalue weighted by molar-refractivity contribution is 7.99. The molecule has 0 unspecified atom stereocenters. The van der Waals surface area contributed by atoms with Gasteiger partial charge in [0.25, 0.3) is 0 Å². The summed E-state index contributed by atoms with van der Waals surface area (Å²) in [5, 5.41) is 24.5. The van der Waals surface area contributed by atoms with Crippen LogP contribution in [0.1, 0.15) is 73.2 Å². The Labute approximate surface area is 314 Å². The molecule has 1 saturated heterocycles. The number of anilines is 2. The molecule has 2 amide bonds. The molecule has 3 atom stereocenters. The summed E-state index contributed by atoms with van der Waals surface area (Å²) in [6, 6.07) is 31.4. The number of aliphatic hydroxyl groups excluding tert-OH is 1. The number of hydrogen-bond acceptors (Lipinski definition) is 9. The number of aromatic nitrogens is 3. The highest BCUT2D eigenvalue weighted by atomic mass is 32.2. The summed E-state index contributed by atoms with van der Waals surface area (Å²) in [5.74, 6) is 0.592. The van der Waals surface area contributed by atoms with Gasteiger partial charge in [-0.2, -0.15) is 0 Å². The van der Waals surface area contributed by atoms with Crippen LogP contribution < -0.4 is 16.4 Å². The van der Waals surface area contributed by atoms with Gasteiger partial charge in [0.05, 0.1) is 30.2 Å². The minimum Gasteiger partial charge on any atom is -0.397 e. The Morgan fingerprint density at radius 3 is 2.38 bits per heavy atom. The van der Waals surface area contributed by atoms with Crippen molar-refractivity contribution in [1.82, 2.24) is 20.1 Å². The lowest BCUT2D eigenvalue weighted by Gasteiger charge is -2.36. The van der Waals surface area contributed by atoms with Gasteiger partial charge < -0.3 is 35.5 Å². The highest BCUT2D eigenvalue weighted by Gasteiger charge is 2.32. The Hall–Kier alpha value is -5.01. The highest BCUT2D eigenvalue weighted by Crippen LogP contribution is 2.40. The van der Waals surface area contributed by atoms with Crippen LogP contribution in [0.25, 0.3) is 11.1 Å². The molecule has 11 nitrogen and oxygen atoms in total. The monoisotopic (exact) mass is 734 g/mol. The van der Waals surface area contributed by atoms with E-state index in [9.17, 15) is 14.7 Å². The Bertz CT molecular complexity index is 1970. The predicted octanol–water partition coefficient (Wildman–Crippen LogP) is 7.10. The number of nitrogens with one attached hydrogen (secondary N) is 2. The first kappa shape index (κ1) is 37.7. The fourth-order valence-corrected chi connectivity index (χ4v) is 7.08. The van der Waals surface area contributed by atoms with Crippen molar-refractivity contribution in [2.24, 2.45) is 7.05 Å². The maximum Gasteiger partial charge on any atom is 0.224 e. The van der Waals surface area contributed by atoms with Gasteiger partial charge in [-0.25, -0.2) is 0 Å². The molecule has 53 heavy (non-hydrogen) atoms. The van der Waals surface area contributed by atoms with Gasteiger partial charge in [-0.1, -0.05) is 91.0 Å². The number of nitrogen functional groups attached to an aromatic ring is 1. The van der Waals surface area contributed by atoms with E-state index in [0.717, 1.165) is 45.0 Å². The van der Waals surface area contributed by atoms with Crippen LogP contribution in [-0.2, 0) is 39.3 Å². The first-order chi connectivity index (χ1) is 25.8. The zero-order valence-electron chi connectivity index (χ0n) is 29.8. The van der Waals surface area contributed by atoms with Crippen LogP contribution in [0.4, 0.5) is 11.4 Å². The first-order valence-corrected chi connectivity index (χ1v) is 18.9. The summed E-state index contributed by atoms with van der Waals surface area (Å²) >= 11 is 1.60. The van der Waals surface area contributed by atoms with E-state index in [2.05, 4.69) is 45.1 Å². The third kappa shape index (κ3) is 10.8. The van der Waals surface area contributed by atoms with E-state index in [1.165, 1.54) is 0 Å². The molecule has 6 rings (SSSR count). The van der Waals surface area contributed by atoms with Gasteiger partial charge in [0, 0.05) is 44.2 Å². The molecule has 1 aromatic heterocycles. The molecule has 2 heterocycles. The summed E-state index contributed by atoms with van der Waals surface area (Å²) in [5.41, 5.74) is 12.9. The quantitative estimate of drug-likeness (QED) is 0.0472. The van der Waals surface area contributed by atoms with Crippen molar-refractivity contribution in [2.45, 2.75) is 75.3 Å². The fraction of sp³-hybridized carbons (Fsp3) is 0.317. The maximum atomic E-state index is 12.6. The molecule has 1 fully saturated rings. The Morgan fingerprint density at radius 1 is 0.868 bits per heavy atom. The average Bonchev–Trinajstić information content (AvgIpc) is 3.61. The molecule has 276 valence electrons. The van der Waals surface area contributed by atoms with Gasteiger partial charge in [0.1, 0.15) is 6.33 Å². The van der Waals surface area contributed by atoms with Crippen molar-refractivity contribution < 1.29 is 24.2 Å². The molecule has 5 aromatic rings. The average molecular weight is 735 g/mol. The number of rotatable bonds is 16. The summed E-state index contributed by atoms with van der Waals surface area (Å²) in [6.45, 7) is 0.411. The molecule has 0 aliphatic carbocycles. The third-order valence-corrected chi connectivity index (χ3v) is 10.3. The van der Waals surface area contributed by atoms with Gasteiger partial charge in [-0.15, -0.1) is 10.2 Å². The molecule has 5 N–H and O–H groups in total. The topological polar surface area (TPSA) is 154 Å². The minimum absolute atomic E-state index is 0.00949. The largest absolute Gasteiger partial charge is 0.397 e. The van der Waals surface area contributed by atoms with Crippen LogP contribution in [0.15, 0.2) is 109 Å². The molecule has 12 heteroatoms. The lowest BCUT2D eigenvalue weighted by molar-refractivity contribution is -0.245. The molecule has 0 radical (unpaired) electrons. The number of amides is 2. The SMILES string of the molecule is Cn1cnnc1SC[C@@H]1C[C@H](c2ccc(CO)cc2)O[C@H](c2cccc(-c3cccc(CNC(=O)CCCCCC(=O)Nc4ccccc4N)c3)c2)O1. The number of nitrogens with zero attached hydrogens (tertiary/aromatic N) is 3. The van der Waals surface area contributed by atoms with E-state index in [-0.39, 0.29) is 30.6 Å². The van der Waals surface area contributed by atoms with E-state index in [1.807, 2.05) is 72.3 Å². The van der Waals surface area contributed by atoms with Crippen molar-refractivity contribution in [2.75, 3.05) is 16.8 Å². The smallest absolute Gasteiger partial charge is 0.224 e. The molecule has 0 bridgehead atoms. The van der Waals surface area contributed by atoms with Crippen LogP contribution in [0.3, 0.4) is 0 Å². The van der Waals surface area contributed by atoms with Crippen molar-refractivity contribution in [1.29, 1.82) is 0 Å². The van der Waals surface area contributed by atoms with Crippen molar-refractivity contribution in [3.63, 3.8) is 0 Å². The normalized spacial score (nSPS) is 17.0. The number of unbranched alkanes of at least 4 members (excludes halogenated alkanes) is 2. The zero-order chi connectivity index (χ0) is 37.0. The van der Waals surface area contributed by atoms with Crippen LogP contribution >= 0.6 is 11.8 Å². The van der Waals surface area contributed by atoms with Crippen molar-refractivity contribution in [3.8, 4) is 11.1 Å². The third-order valence-electron chi connectivity index (χ3n) is 9.13. The number of carbonyl (C=O) groups excluding carboxylic acids is 2. The number of thioether (sulfide) groups is 1. The second-order valence-corrected chi connectivity index (χ2v) is 14.2. The van der Waals surface area contributed by atoms with Crippen molar-refractivity contribution >= 4 is 35.0 Å². The van der Waals surface area contributed by atoms with E-state index in [4.69, 9.17) is 15.2 Å². The van der Waals surface area contributed by atoms with Crippen LogP contribution in [0.5, 0.6) is 0 Å². The molecular weight excluding hydrogens is 689 g/mol. The summed E-state index contributed by atoms with van der Waals surface area (Å²) in [7, 11) is 1.92. The molecule has 0 saturated carbocycles. The van der Waals surface area contributed by atoms with E-state index < -0.39 is 6.29 Å². The lowest BCUT2D eigenvalue weighted by Crippen LogP contribution is -2.31. The Kier molecular flexibility index (Phi) is 13.3. The Balaban J connectivity index is 1.03. The second-order valence-electron chi connectivity index (χ2n) is 13.2. The number of carbonyl (C=O) groups is 2. The van der Waals surface area contributed by atoms with Crippen LogP contribution in [0.2, 0.25) is 0 Å². The van der Waals surface area contributed by atoms with E-state index in [0.29, 0.717) is 55.8 Å². The van der Waals surface area contributed by atoms with Crippen LogP contribution in [0, 0.1) is 0 Å². The van der Waals surface area contributed by atoms with Crippen LogP contribution in [-0.4, -0.2) is 43.5 Å². The number of benzene rings is 4. The fourth-order valence-electron chi connectivity index (χ4n) is 6.18. The summed E-state index contributed by atoms with van der Waals surface area (Å²) in [4.78, 5) is 24.9. The molecular formula is C41H46N6O5S. The van der Waals surface area contributed by atoms with Gasteiger partial charge in [-0.3, -0.25) is 9.59 Å². The van der Waals surface area contributed by atoms with Gasteiger partial charge in [0.2, 0.25) is 11.8 Å². The van der Waals surface area contributed by atoms with Gasteiger partial charge >= 0.3 is 0 Å². The van der Waals surface area contributed by atoms with Gasteiger partial charge in [-0.05, 0) is 64.9 Å².